The Balaban J connectivity index is 1.74. The molecule has 1 aliphatic heterocycles. The molecule has 2 aromatic rings. The molecule has 21 heavy (non-hydrogen) atoms. The van der Waals surface area contributed by atoms with Crippen LogP contribution in [0.15, 0.2) is 36.4 Å². The van der Waals surface area contributed by atoms with Crippen molar-refractivity contribution in [3.05, 3.63) is 58.4 Å². The van der Waals surface area contributed by atoms with E-state index in [-0.39, 0.29) is 11.4 Å². The van der Waals surface area contributed by atoms with Crippen molar-refractivity contribution in [2.24, 2.45) is 0 Å². The number of nitrogens with one attached hydrogen (secondary N) is 1. The first kappa shape index (κ1) is 14.2. The molecule has 2 aromatic carbocycles. The summed E-state index contributed by atoms with van der Waals surface area (Å²) in [6.07, 6.45) is 0.891. The van der Waals surface area contributed by atoms with E-state index < -0.39 is 0 Å². The lowest BCUT2D eigenvalue weighted by molar-refractivity contribution is 0.138. The number of rotatable bonds is 3. The monoisotopic (exact) mass is 305 g/mol. The predicted octanol–water partition coefficient (Wildman–Crippen LogP) is 4.80. The van der Waals surface area contributed by atoms with Gasteiger partial charge in [-0.05, 0) is 49.2 Å². The van der Waals surface area contributed by atoms with Crippen molar-refractivity contribution in [2.45, 2.75) is 32.4 Å². The smallest absolute Gasteiger partial charge is 0.146 e. The lowest BCUT2D eigenvalue weighted by atomic mass is 10.0. The van der Waals surface area contributed by atoms with Gasteiger partial charge in [-0.2, -0.15) is 0 Å². The van der Waals surface area contributed by atoms with Crippen molar-refractivity contribution in [3.63, 3.8) is 0 Å². The van der Waals surface area contributed by atoms with Crippen LogP contribution < -0.4 is 10.1 Å². The average Bonchev–Trinajstić information content (AvgIpc) is 2.72. The van der Waals surface area contributed by atoms with Crippen LogP contribution in [0.25, 0.3) is 0 Å². The molecule has 3 rings (SSSR count). The van der Waals surface area contributed by atoms with Crippen molar-refractivity contribution >= 4 is 17.3 Å². The first-order chi connectivity index (χ1) is 9.93. The summed E-state index contributed by atoms with van der Waals surface area (Å²) in [5.74, 6) is 0.641. The van der Waals surface area contributed by atoms with Gasteiger partial charge in [-0.15, -0.1) is 0 Å². The average molecular weight is 306 g/mol. The van der Waals surface area contributed by atoms with Gasteiger partial charge in [0.1, 0.15) is 17.2 Å². The number of halogens is 2. The van der Waals surface area contributed by atoms with Crippen LogP contribution in [0.4, 0.5) is 10.1 Å². The fourth-order valence-corrected chi connectivity index (χ4v) is 2.78. The van der Waals surface area contributed by atoms with Gasteiger partial charge in [0, 0.05) is 18.0 Å². The Bertz CT molecular complexity index is 684. The fourth-order valence-electron chi connectivity index (χ4n) is 2.60. The maximum atomic E-state index is 13.7. The quantitative estimate of drug-likeness (QED) is 0.879. The summed E-state index contributed by atoms with van der Waals surface area (Å²) in [6.45, 7) is 4.70. The van der Waals surface area contributed by atoms with Crippen LogP contribution in [-0.2, 0) is 13.0 Å². The van der Waals surface area contributed by atoms with Crippen LogP contribution in [0.2, 0.25) is 5.02 Å². The third-order valence-corrected chi connectivity index (χ3v) is 3.77. The van der Waals surface area contributed by atoms with Gasteiger partial charge in [-0.1, -0.05) is 23.7 Å². The van der Waals surface area contributed by atoms with Crippen LogP contribution in [0, 0.1) is 5.82 Å². The number of anilines is 1. The molecule has 4 heteroatoms. The molecule has 0 spiro atoms. The summed E-state index contributed by atoms with van der Waals surface area (Å²) in [4.78, 5) is 0. The van der Waals surface area contributed by atoms with Gasteiger partial charge in [0.05, 0.1) is 5.69 Å². The number of hydrogen-bond donors (Lipinski definition) is 1. The molecule has 0 atom stereocenters. The van der Waals surface area contributed by atoms with E-state index in [0.717, 1.165) is 17.7 Å². The van der Waals surface area contributed by atoms with Gasteiger partial charge in [-0.25, -0.2) is 4.39 Å². The number of benzene rings is 2. The molecule has 2 nitrogen and oxygen atoms in total. The fraction of sp³-hybridized carbons (Fsp3) is 0.294. The predicted molar refractivity (Wildman–Crippen MR) is 83.6 cm³/mol. The number of hydrogen-bond acceptors (Lipinski definition) is 2. The largest absolute Gasteiger partial charge is 0.487 e. The molecule has 0 bridgehead atoms. The Morgan fingerprint density at radius 1 is 1.24 bits per heavy atom. The summed E-state index contributed by atoms with van der Waals surface area (Å²) in [6, 6.07) is 10.6. The first-order valence-electron chi connectivity index (χ1n) is 6.93. The van der Waals surface area contributed by atoms with Crippen LogP contribution in [0.5, 0.6) is 5.75 Å². The molecule has 0 saturated carbocycles. The van der Waals surface area contributed by atoms with Gasteiger partial charge in [0.15, 0.2) is 0 Å². The van der Waals surface area contributed by atoms with Gasteiger partial charge >= 0.3 is 0 Å². The van der Waals surface area contributed by atoms with Gasteiger partial charge < -0.3 is 10.1 Å². The summed E-state index contributed by atoms with van der Waals surface area (Å²) in [5.41, 5.74) is 2.56. The topological polar surface area (TPSA) is 21.3 Å². The van der Waals surface area contributed by atoms with E-state index in [1.807, 2.05) is 12.1 Å². The summed E-state index contributed by atoms with van der Waals surface area (Å²) in [7, 11) is 0. The van der Waals surface area contributed by atoms with Crippen molar-refractivity contribution in [1.82, 2.24) is 0 Å². The molecule has 0 aliphatic carbocycles. The summed E-state index contributed by atoms with van der Waals surface area (Å²) in [5, 5.41) is 3.60. The van der Waals surface area contributed by atoms with E-state index in [1.54, 1.807) is 6.07 Å². The van der Waals surface area contributed by atoms with Gasteiger partial charge in [0.2, 0.25) is 0 Å². The Labute approximate surface area is 128 Å². The first-order valence-corrected chi connectivity index (χ1v) is 7.30. The third-order valence-electron chi connectivity index (χ3n) is 3.54. The van der Waals surface area contributed by atoms with E-state index >= 15 is 0 Å². The van der Waals surface area contributed by atoms with Crippen molar-refractivity contribution in [2.75, 3.05) is 5.32 Å². The van der Waals surface area contributed by atoms with E-state index in [2.05, 4.69) is 25.2 Å². The highest BCUT2D eigenvalue weighted by atomic mass is 35.5. The zero-order valence-electron chi connectivity index (χ0n) is 12.0. The van der Waals surface area contributed by atoms with Crippen LogP contribution in [0.3, 0.4) is 0 Å². The SMILES string of the molecule is CC1(C)Cc2cc(CNc3cc(Cl)ccc3F)ccc2O1. The molecular formula is C17H17ClFNO. The molecule has 0 aromatic heterocycles. The number of ether oxygens (including phenoxy) is 1. The third kappa shape index (κ3) is 3.13. The van der Waals surface area contributed by atoms with E-state index in [9.17, 15) is 4.39 Å². The second-order valence-electron chi connectivity index (χ2n) is 5.96. The van der Waals surface area contributed by atoms with E-state index in [4.69, 9.17) is 16.3 Å². The maximum Gasteiger partial charge on any atom is 0.146 e. The zero-order chi connectivity index (χ0) is 15.0. The molecule has 0 amide bonds. The van der Waals surface area contributed by atoms with E-state index in [0.29, 0.717) is 17.3 Å². The molecule has 1 heterocycles. The number of fused-ring (bicyclic) bond motifs is 1. The Morgan fingerprint density at radius 3 is 2.86 bits per heavy atom. The Hall–Kier alpha value is -1.74. The normalized spacial score (nSPS) is 15.4. The molecule has 110 valence electrons. The molecule has 0 radical (unpaired) electrons. The molecule has 0 fully saturated rings. The van der Waals surface area contributed by atoms with Crippen molar-refractivity contribution in [1.29, 1.82) is 0 Å². The maximum absolute atomic E-state index is 13.7. The standard InChI is InChI=1S/C17H17ClFNO/c1-17(2)9-12-7-11(3-6-16(12)21-17)10-20-15-8-13(18)4-5-14(15)19/h3-8,20H,9-10H2,1-2H3. The second kappa shape index (κ2) is 5.23. The van der Waals surface area contributed by atoms with Crippen molar-refractivity contribution < 1.29 is 9.13 Å². The van der Waals surface area contributed by atoms with Crippen molar-refractivity contribution in [3.8, 4) is 5.75 Å². The van der Waals surface area contributed by atoms with Gasteiger partial charge in [0.25, 0.3) is 0 Å². The molecule has 1 N–H and O–H groups in total. The highest BCUT2D eigenvalue weighted by molar-refractivity contribution is 6.30. The second-order valence-corrected chi connectivity index (χ2v) is 6.39. The Kier molecular flexibility index (Phi) is 3.54. The highest BCUT2D eigenvalue weighted by Gasteiger charge is 2.29. The lowest BCUT2D eigenvalue weighted by Crippen LogP contribution is -2.24. The summed E-state index contributed by atoms with van der Waals surface area (Å²) >= 11 is 5.88. The van der Waals surface area contributed by atoms with Crippen LogP contribution in [-0.4, -0.2) is 5.60 Å². The lowest BCUT2D eigenvalue weighted by Gasteiger charge is -2.16. The molecular weight excluding hydrogens is 289 g/mol. The molecule has 1 aliphatic rings. The summed E-state index contributed by atoms with van der Waals surface area (Å²) < 4.78 is 19.5. The minimum atomic E-state index is -0.301. The Morgan fingerprint density at radius 2 is 2.05 bits per heavy atom. The zero-order valence-corrected chi connectivity index (χ0v) is 12.8. The minimum Gasteiger partial charge on any atom is -0.487 e. The van der Waals surface area contributed by atoms with E-state index in [1.165, 1.54) is 17.7 Å². The van der Waals surface area contributed by atoms with Crippen LogP contribution >= 0.6 is 11.6 Å². The van der Waals surface area contributed by atoms with Crippen LogP contribution in [0.1, 0.15) is 25.0 Å². The minimum absolute atomic E-state index is 0.145. The van der Waals surface area contributed by atoms with Gasteiger partial charge in [-0.3, -0.25) is 0 Å². The highest BCUT2D eigenvalue weighted by Crippen LogP contribution is 2.35. The molecule has 0 unspecified atom stereocenters. The molecule has 0 saturated heterocycles.